The van der Waals surface area contributed by atoms with Crippen LogP contribution in [-0.2, 0) is 11.2 Å². The summed E-state index contributed by atoms with van der Waals surface area (Å²) in [4.78, 5) is 33.6. The number of fused-ring (bicyclic) bond motifs is 1. The first kappa shape index (κ1) is 28.3. The van der Waals surface area contributed by atoms with Gasteiger partial charge >= 0.3 is 0 Å². The molecule has 2 heterocycles. The third kappa shape index (κ3) is 6.99. The predicted octanol–water partition coefficient (Wildman–Crippen LogP) is 5.60. The zero-order chi connectivity index (χ0) is 29.4. The topological polar surface area (TPSA) is 74.3 Å². The molecule has 1 aromatic heterocycles. The standard InChI is InChI=1S/C37H36N4O2/c42-36(32-18-17-28-11-7-8-16-31(28)23-32)39-25-33-19-21-41(37(43)35(40-33)22-27-10-9-20-38-24-27)26-34(29-12-3-1-4-13-29)30-14-5-2-6-15-30/h1-18,20,23-24,33-35,40H,19,21-22,25-26H2,(H,39,42)/t33-,35-/m0/s1. The highest BCUT2D eigenvalue weighted by atomic mass is 16.2. The molecule has 2 atom stereocenters. The highest BCUT2D eigenvalue weighted by Gasteiger charge is 2.33. The smallest absolute Gasteiger partial charge is 0.251 e. The van der Waals surface area contributed by atoms with E-state index in [2.05, 4.69) is 64.1 Å². The van der Waals surface area contributed by atoms with Gasteiger partial charge in [0.1, 0.15) is 0 Å². The molecular weight excluding hydrogens is 532 g/mol. The molecule has 1 saturated heterocycles. The van der Waals surface area contributed by atoms with Crippen molar-refractivity contribution in [3.05, 3.63) is 150 Å². The molecule has 6 nitrogen and oxygen atoms in total. The Morgan fingerprint density at radius 1 is 0.860 bits per heavy atom. The van der Waals surface area contributed by atoms with Crippen LogP contribution in [0.5, 0.6) is 0 Å². The van der Waals surface area contributed by atoms with Crippen LogP contribution in [0.15, 0.2) is 128 Å². The van der Waals surface area contributed by atoms with Crippen LogP contribution in [0.3, 0.4) is 0 Å². The van der Waals surface area contributed by atoms with E-state index in [1.807, 2.05) is 77.8 Å². The molecule has 1 aliphatic heterocycles. The summed E-state index contributed by atoms with van der Waals surface area (Å²) in [5.41, 5.74) is 3.99. The van der Waals surface area contributed by atoms with E-state index in [1.165, 1.54) is 11.1 Å². The minimum Gasteiger partial charge on any atom is -0.350 e. The molecule has 0 saturated carbocycles. The van der Waals surface area contributed by atoms with Crippen LogP contribution >= 0.6 is 0 Å². The van der Waals surface area contributed by atoms with Crippen molar-refractivity contribution in [1.82, 2.24) is 20.5 Å². The summed E-state index contributed by atoms with van der Waals surface area (Å²) in [6, 6.07) is 38.0. The first-order chi connectivity index (χ1) is 21.1. The summed E-state index contributed by atoms with van der Waals surface area (Å²) >= 11 is 0. The lowest BCUT2D eigenvalue weighted by molar-refractivity contribution is -0.132. The van der Waals surface area contributed by atoms with Crippen molar-refractivity contribution >= 4 is 22.6 Å². The maximum Gasteiger partial charge on any atom is 0.251 e. The normalized spacial score (nSPS) is 17.1. The van der Waals surface area contributed by atoms with Gasteiger partial charge in [0.25, 0.3) is 5.91 Å². The van der Waals surface area contributed by atoms with Crippen LogP contribution in [0.25, 0.3) is 10.8 Å². The summed E-state index contributed by atoms with van der Waals surface area (Å²) in [6.45, 7) is 1.60. The second kappa shape index (κ2) is 13.4. The molecule has 4 aromatic carbocycles. The van der Waals surface area contributed by atoms with Gasteiger partial charge in [-0.1, -0.05) is 97.1 Å². The van der Waals surface area contributed by atoms with E-state index < -0.39 is 6.04 Å². The van der Waals surface area contributed by atoms with Gasteiger partial charge in [-0.25, -0.2) is 0 Å². The van der Waals surface area contributed by atoms with Crippen molar-refractivity contribution in [3.8, 4) is 0 Å². The van der Waals surface area contributed by atoms with E-state index in [9.17, 15) is 9.59 Å². The maximum atomic E-state index is 14.1. The molecule has 0 bridgehead atoms. The summed E-state index contributed by atoms with van der Waals surface area (Å²) in [7, 11) is 0. The van der Waals surface area contributed by atoms with Crippen LogP contribution < -0.4 is 10.6 Å². The van der Waals surface area contributed by atoms with Gasteiger partial charge in [0.15, 0.2) is 0 Å². The van der Waals surface area contributed by atoms with E-state index in [-0.39, 0.29) is 23.8 Å². The lowest BCUT2D eigenvalue weighted by Crippen LogP contribution is -2.50. The Hall–Kier alpha value is -4.81. The number of pyridine rings is 1. The number of nitrogens with one attached hydrogen (secondary N) is 2. The zero-order valence-corrected chi connectivity index (χ0v) is 24.1. The van der Waals surface area contributed by atoms with Gasteiger partial charge in [0.05, 0.1) is 6.04 Å². The monoisotopic (exact) mass is 568 g/mol. The molecule has 0 radical (unpaired) electrons. The highest BCUT2D eigenvalue weighted by molar-refractivity contribution is 5.98. The molecule has 6 rings (SSSR count). The first-order valence-electron chi connectivity index (χ1n) is 14.9. The molecule has 2 N–H and O–H groups in total. The van der Waals surface area contributed by atoms with Gasteiger partial charge in [-0.3, -0.25) is 14.6 Å². The summed E-state index contributed by atoms with van der Waals surface area (Å²) in [5, 5.41) is 8.86. The molecule has 6 heteroatoms. The molecule has 0 spiro atoms. The Morgan fingerprint density at radius 2 is 1.56 bits per heavy atom. The minimum atomic E-state index is -0.429. The summed E-state index contributed by atoms with van der Waals surface area (Å²) < 4.78 is 0. The second-order valence-electron chi connectivity index (χ2n) is 11.2. The SMILES string of the molecule is O=C(NC[C@@H]1CCN(CC(c2ccccc2)c2ccccc2)C(=O)[C@H](Cc2cccnc2)N1)c1ccc2ccccc2c1. The Balaban J connectivity index is 1.21. The lowest BCUT2D eigenvalue weighted by Gasteiger charge is -2.29. The molecule has 5 aromatic rings. The number of amides is 2. The number of carbonyl (C=O) groups is 2. The van der Waals surface area contributed by atoms with E-state index in [4.69, 9.17) is 0 Å². The third-order valence-corrected chi connectivity index (χ3v) is 8.28. The zero-order valence-electron chi connectivity index (χ0n) is 24.1. The van der Waals surface area contributed by atoms with Crippen LogP contribution in [-0.4, -0.2) is 53.4 Å². The van der Waals surface area contributed by atoms with Crippen LogP contribution in [0.2, 0.25) is 0 Å². The molecule has 1 aliphatic rings. The third-order valence-electron chi connectivity index (χ3n) is 8.28. The number of aromatic nitrogens is 1. The fourth-order valence-corrected chi connectivity index (χ4v) is 5.97. The summed E-state index contributed by atoms with van der Waals surface area (Å²) in [6.07, 6.45) is 4.81. The average molecular weight is 569 g/mol. The fourth-order valence-electron chi connectivity index (χ4n) is 5.97. The minimum absolute atomic E-state index is 0.0505. The number of nitrogens with zero attached hydrogens (tertiary/aromatic N) is 2. The largest absolute Gasteiger partial charge is 0.350 e. The number of rotatable bonds is 9. The molecular formula is C37H36N4O2. The number of hydrogen-bond donors (Lipinski definition) is 2. The van der Waals surface area contributed by atoms with E-state index >= 15 is 0 Å². The Morgan fingerprint density at radius 3 is 2.26 bits per heavy atom. The van der Waals surface area contributed by atoms with Crippen LogP contribution in [0, 0.1) is 0 Å². The van der Waals surface area contributed by atoms with Gasteiger partial charge in [-0.15, -0.1) is 0 Å². The summed E-state index contributed by atoms with van der Waals surface area (Å²) in [5.74, 6) is 0.00984. The van der Waals surface area contributed by atoms with Gasteiger partial charge < -0.3 is 15.5 Å². The molecule has 0 aliphatic carbocycles. The van der Waals surface area contributed by atoms with Crippen molar-refractivity contribution < 1.29 is 9.59 Å². The number of hydrogen-bond acceptors (Lipinski definition) is 4. The number of benzene rings is 4. The van der Waals surface area contributed by atoms with Gasteiger partial charge in [-0.2, -0.15) is 0 Å². The van der Waals surface area contributed by atoms with Crippen molar-refractivity contribution in [2.24, 2.45) is 0 Å². The lowest BCUT2D eigenvalue weighted by atomic mass is 9.90. The molecule has 43 heavy (non-hydrogen) atoms. The van der Waals surface area contributed by atoms with Crippen LogP contribution in [0.4, 0.5) is 0 Å². The number of carbonyl (C=O) groups excluding carboxylic acids is 2. The van der Waals surface area contributed by atoms with E-state index in [1.54, 1.807) is 6.20 Å². The van der Waals surface area contributed by atoms with Crippen LogP contribution in [0.1, 0.15) is 39.4 Å². The van der Waals surface area contributed by atoms with Crippen molar-refractivity contribution in [2.75, 3.05) is 19.6 Å². The Kier molecular flexibility index (Phi) is 8.85. The molecule has 1 fully saturated rings. The Bertz CT molecular complexity index is 1620. The quantitative estimate of drug-likeness (QED) is 0.243. The van der Waals surface area contributed by atoms with Gasteiger partial charge in [0, 0.05) is 49.6 Å². The van der Waals surface area contributed by atoms with Crippen molar-refractivity contribution in [1.29, 1.82) is 0 Å². The average Bonchev–Trinajstić information content (AvgIpc) is 3.21. The first-order valence-corrected chi connectivity index (χ1v) is 14.9. The van der Waals surface area contributed by atoms with E-state index in [0.29, 0.717) is 31.6 Å². The molecule has 2 amide bonds. The fraction of sp³-hybridized carbons (Fsp3) is 0.216. The van der Waals surface area contributed by atoms with Crippen molar-refractivity contribution in [3.63, 3.8) is 0 Å². The maximum absolute atomic E-state index is 14.1. The second-order valence-corrected chi connectivity index (χ2v) is 11.2. The Labute approximate surface area is 252 Å². The highest BCUT2D eigenvalue weighted by Crippen LogP contribution is 2.27. The molecule has 216 valence electrons. The van der Waals surface area contributed by atoms with Crippen molar-refractivity contribution in [2.45, 2.75) is 30.8 Å². The van der Waals surface area contributed by atoms with E-state index in [0.717, 1.165) is 22.8 Å². The van der Waals surface area contributed by atoms with Gasteiger partial charge in [-0.05, 0) is 58.5 Å². The predicted molar refractivity (Wildman–Crippen MR) is 171 cm³/mol. The van der Waals surface area contributed by atoms with Gasteiger partial charge in [0.2, 0.25) is 5.91 Å². The molecule has 0 unspecified atom stereocenters.